The van der Waals surface area contributed by atoms with Crippen molar-refractivity contribution in [1.82, 2.24) is 0 Å². The third kappa shape index (κ3) is 3.02. The van der Waals surface area contributed by atoms with E-state index in [4.69, 9.17) is 0 Å². The highest BCUT2D eigenvalue weighted by molar-refractivity contribution is 9.10. The quantitative estimate of drug-likeness (QED) is 0.929. The zero-order valence-electron chi connectivity index (χ0n) is 8.81. The van der Waals surface area contributed by atoms with Gasteiger partial charge in [-0.2, -0.15) is 0 Å². The third-order valence-electron chi connectivity index (χ3n) is 2.41. The minimum atomic E-state index is -3.33. The van der Waals surface area contributed by atoms with Crippen molar-refractivity contribution in [2.75, 3.05) is 6.26 Å². The molecule has 0 aromatic heterocycles. The van der Waals surface area contributed by atoms with Crippen LogP contribution in [0.1, 0.15) is 18.6 Å². The number of hydrogen-bond donors (Lipinski definition) is 1. The van der Waals surface area contributed by atoms with Gasteiger partial charge in [-0.15, -0.1) is 0 Å². The van der Waals surface area contributed by atoms with Crippen LogP contribution in [0.25, 0.3) is 0 Å². The van der Waals surface area contributed by atoms with Gasteiger partial charge < -0.3 is 5.11 Å². The van der Waals surface area contributed by atoms with Crippen molar-refractivity contribution in [3.05, 3.63) is 34.1 Å². The summed E-state index contributed by atoms with van der Waals surface area (Å²) in [6.45, 7) is 1.41. The van der Waals surface area contributed by atoms with Gasteiger partial charge in [-0.25, -0.2) is 12.8 Å². The molecular weight excluding hydrogens is 299 g/mol. The Morgan fingerprint density at radius 1 is 1.44 bits per heavy atom. The molecule has 0 saturated heterocycles. The Balaban J connectivity index is 3.06. The number of benzene rings is 1. The largest absolute Gasteiger partial charge is 0.387 e. The molecule has 0 spiro atoms. The van der Waals surface area contributed by atoms with Gasteiger partial charge in [-0.1, -0.05) is 6.07 Å². The maximum Gasteiger partial charge on any atom is 0.152 e. The molecule has 1 rings (SSSR count). The lowest BCUT2D eigenvalue weighted by atomic mass is 10.1. The molecule has 90 valence electrons. The van der Waals surface area contributed by atoms with E-state index in [0.29, 0.717) is 5.56 Å². The molecule has 0 aliphatic rings. The van der Waals surface area contributed by atoms with Gasteiger partial charge in [-0.05, 0) is 40.5 Å². The minimum Gasteiger partial charge on any atom is -0.387 e. The molecule has 1 aromatic rings. The standard InChI is InChI=1S/C10H12BrFO3S/c1-6(16(2,14)15)10(13)7-3-4-9(12)8(11)5-7/h3-6,10,13H,1-2H3. The highest BCUT2D eigenvalue weighted by Gasteiger charge is 2.25. The summed E-state index contributed by atoms with van der Waals surface area (Å²) in [5.74, 6) is -0.456. The number of hydrogen-bond acceptors (Lipinski definition) is 3. The Morgan fingerprint density at radius 2 is 2.00 bits per heavy atom. The van der Waals surface area contributed by atoms with E-state index in [1.165, 1.54) is 25.1 Å². The smallest absolute Gasteiger partial charge is 0.152 e. The molecule has 0 bridgehead atoms. The highest BCUT2D eigenvalue weighted by atomic mass is 79.9. The minimum absolute atomic E-state index is 0.199. The number of aliphatic hydroxyl groups is 1. The SMILES string of the molecule is CC(C(O)c1ccc(F)c(Br)c1)S(C)(=O)=O. The van der Waals surface area contributed by atoms with Crippen LogP contribution < -0.4 is 0 Å². The van der Waals surface area contributed by atoms with E-state index >= 15 is 0 Å². The number of aliphatic hydroxyl groups excluding tert-OH is 1. The van der Waals surface area contributed by atoms with Gasteiger partial charge in [0.2, 0.25) is 0 Å². The van der Waals surface area contributed by atoms with Crippen molar-refractivity contribution in [2.24, 2.45) is 0 Å². The lowest BCUT2D eigenvalue weighted by Gasteiger charge is -2.17. The van der Waals surface area contributed by atoms with E-state index < -0.39 is 27.0 Å². The molecule has 2 atom stereocenters. The van der Waals surface area contributed by atoms with Gasteiger partial charge in [0.05, 0.1) is 15.8 Å². The van der Waals surface area contributed by atoms with Gasteiger partial charge in [0, 0.05) is 6.26 Å². The molecule has 0 saturated carbocycles. The van der Waals surface area contributed by atoms with Crippen molar-refractivity contribution >= 4 is 25.8 Å². The molecule has 1 N–H and O–H groups in total. The molecule has 0 radical (unpaired) electrons. The molecule has 0 amide bonds. The fourth-order valence-electron chi connectivity index (χ4n) is 1.20. The zero-order valence-corrected chi connectivity index (χ0v) is 11.2. The lowest BCUT2D eigenvalue weighted by molar-refractivity contribution is 0.176. The van der Waals surface area contributed by atoms with Gasteiger partial charge in [0.25, 0.3) is 0 Å². The molecule has 0 aliphatic carbocycles. The molecule has 2 unspecified atom stereocenters. The summed E-state index contributed by atoms with van der Waals surface area (Å²) in [4.78, 5) is 0. The molecule has 3 nitrogen and oxygen atoms in total. The second kappa shape index (κ2) is 4.81. The fraction of sp³-hybridized carbons (Fsp3) is 0.400. The fourth-order valence-corrected chi connectivity index (χ4v) is 2.22. The van der Waals surface area contributed by atoms with Crippen LogP contribution in [0.4, 0.5) is 4.39 Å². The summed E-state index contributed by atoms with van der Waals surface area (Å²) in [5, 5.41) is 8.89. The number of rotatable bonds is 3. The summed E-state index contributed by atoms with van der Waals surface area (Å²) < 4.78 is 35.7. The summed E-state index contributed by atoms with van der Waals surface area (Å²) in [6.07, 6.45) is -0.105. The Labute approximate surface area is 102 Å². The highest BCUT2D eigenvalue weighted by Crippen LogP contribution is 2.25. The van der Waals surface area contributed by atoms with Crippen LogP contribution in [0.5, 0.6) is 0 Å². The van der Waals surface area contributed by atoms with Crippen molar-refractivity contribution in [3.63, 3.8) is 0 Å². The van der Waals surface area contributed by atoms with Crippen LogP contribution in [0.15, 0.2) is 22.7 Å². The first-order valence-corrected chi connectivity index (χ1v) is 7.30. The van der Waals surface area contributed by atoms with Gasteiger partial charge in [0.15, 0.2) is 9.84 Å². The molecule has 6 heteroatoms. The monoisotopic (exact) mass is 310 g/mol. The molecule has 0 fully saturated rings. The predicted molar refractivity (Wildman–Crippen MR) is 63.4 cm³/mol. The Bertz CT molecular complexity index is 487. The maximum atomic E-state index is 13.0. The maximum absolute atomic E-state index is 13.0. The first-order chi connectivity index (χ1) is 7.23. The average Bonchev–Trinajstić information content (AvgIpc) is 2.18. The zero-order chi connectivity index (χ0) is 12.5. The predicted octanol–water partition coefficient (Wildman–Crippen LogP) is 2.05. The van der Waals surface area contributed by atoms with Crippen molar-refractivity contribution in [1.29, 1.82) is 0 Å². The van der Waals surface area contributed by atoms with Crippen LogP contribution in [0, 0.1) is 5.82 Å². The summed E-state index contributed by atoms with van der Waals surface area (Å²) >= 11 is 2.98. The van der Waals surface area contributed by atoms with Gasteiger partial charge in [0.1, 0.15) is 5.82 Å². The number of halogens is 2. The van der Waals surface area contributed by atoms with Gasteiger partial charge in [-0.3, -0.25) is 0 Å². The lowest BCUT2D eigenvalue weighted by Crippen LogP contribution is -2.24. The summed E-state index contributed by atoms with van der Waals surface area (Å²) in [6, 6.07) is 3.92. The van der Waals surface area contributed by atoms with E-state index in [0.717, 1.165) is 6.26 Å². The summed E-state index contributed by atoms with van der Waals surface area (Å²) in [7, 11) is -3.33. The number of sulfone groups is 1. The first-order valence-electron chi connectivity index (χ1n) is 4.55. The topological polar surface area (TPSA) is 54.4 Å². The Morgan fingerprint density at radius 3 is 2.44 bits per heavy atom. The van der Waals surface area contributed by atoms with Crippen molar-refractivity contribution in [3.8, 4) is 0 Å². The van der Waals surface area contributed by atoms with E-state index in [1.54, 1.807) is 0 Å². The third-order valence-corrected chi connectivity index (χ3v) is 4.62. The first kappa shape index (κ1) is 13.6. The Kier molecular flexibility index (Phi) is 4.09. The molecular formula is C10H12BrFO3S. The molecule has 0 aliphatic heterocycles. The van der Waals surface area contributed by atoms with Crippen LogP contribution in [0.2, 0.25) is 0 Å². The van der Waals surface area contributed by atoms with E-state index in [9.17, 15) is 17.9 Å². The molecule has 1 aromatic carbocycles. The van der Waals surface area contributed by atoms with Crippen LogP contribution >= 0.6 is 15.9 Å². The van der Waals surface area contributed by atoms with E-state index in [2.05, 4.69) is 15.9 Å². The second-order valence-corrected chi connectivity index (χ2v) is 6.91. The normalized spacial score (nSPS) is 15.8. The average molecular weight is 311 g/mol. The molecule has 16 heavy (non-hydrogen) atoms. The van der Waals surface area contributed by atoms with Crippen molar-refractivity contribution in [2.45, 2.75) is 18.3 Å². The van der Waals surface area contributed by atoms with Crippen LogP contribution in [-0.2, 0) is 9.84 Å². The molecule has 0 heterocycles. The summed E-state index contributed by atoms with van der Waals surface area (Å²) in [5.41, 5.74) is 0.367. The van der Waals surface area contributed by atoms with Gasteiger partial charge >= 0.3 is 0 Å². The van der Waals surface area contributed by atoms with Crippen molar-refractivity contribution < 1.29 is 17.9 Å². The second-order valence-electron chi connectivity index (χ2n) is 3.65. The van der Waals surface area contributed by atoms with Crippen LogP contribution in [0.3, 0.4) is 0 Å². The Hall–Kier alpha value is -0.460. The van der Waals surface area contributed by atoms with E-state index in [-0.39, 0.29) is 4.47 Å². The van der Waals surface area contributed by atoms with E-state index in [1.807, 2.05) is 0 Å². The van der Waals surface area contributed by atoms with Crippen LogP contribution in [-0.4, -0.2) is 25.0 Å².